The quantitative estimate of drug-likeness (QED) is 0.744. The Bertz CT molecular complexity index is 957. The molecule has 6 nitrogen and oxygen atoms in total. The third-order valence-corrected chi connectivity index (χ3v) is 6.77. The van der Waals surface area contributed by atoms with Crippen LogP contribution in [0, 0.1) is 0 Å². The summed E-state index contributed by atoms with van der Waals surface area (Å²) < 4.78 is 11.4. The van der Waals surface area contributed by atoms with Crippen LogP contribution in [0.5, 0.6) is 0 Å². The van der Waals surface area contributed by atoms with E-state index in [1.807, 2.05) is 53.4 Å². The maximum Gasteiger partial charge on any atom is 0.258 e. The second-order valence-electron chi connectivity index (χ2n) is 8.73. The smallest absolute Gasteiger partial charge is 0.258 e. The maximum atomic E-state index is 13.2. The molecule has 0 aliphatic carbocycles. The molecule has 162 valence electrons. The molecule has 31 heavy (non-hydrogen) atoms. The fourth-order valence-corrected chi connectivity index (χ4v) is 5.04. The Morgan fingerprint density at radius 2 is 1.74 bits per heavy atom. The van der Waals surface area contributed by atoms with Gasteiger partial charge in [0.1, 0.15) is 6.10 Å². The normalized spacial score (nSPS) is 25.7. The van der Waals surface area contributed by atoms with Crippen molar-refractivity contribution in [2.45, 2.75) is 24.4 Å². The number of hydrogen-bond acceptors (Lipinski definition) is 5. The molecule has 0 N–H and O–H groups in total. The van der Waals surface area contributed by atoms with Gasteiger partial charge in [-0.05, 0) is 30.2 Å². The van der Waals surface area contributed by atoms with E-state index in [-0.39, 0.29) is 17.1 Å². The van der Waals surface area contributed by atoms with Crippen molar-refractivity contribution in [3.05, 3.63) is 65.7 Å². The van der Waals surface area contributed by atoms with Gasteiger partial charge in [0.25, 0.3) is 5.91 Å². The Balaban J connectivity index is 1.31. The zero-order valence-corrected chi connectivity index (χ0v) is 17.7. The molecule has 5 rings (SSSR count). The van der Waals surface area contributed by atoms with Crippen molar-refractivity contribution in [3.63, 3.8) is 0 Å². The zero-order valence-electron chi connectivity index (χ0n) is 17.7. The van der Waals surface area contributed by atoms with Gasteiger partial charge in [-0.1, -0.05) is 36.4 Å². The van der Waals surface area contributed by atoms with Crippen LogP contribution in [0.25, 0.3) is 0 Å². The number of morpholine rings is 1. The number of carbonyl (C=O) groups is 2. The zero-order chi connectivity index (χ0) is 21.3. The molecule has 0 saturated carbocycles. The lowest BCUT2D eigenvalue weighted by Gasteiger charge is -2.26. The number of ketones is 1. The highest BCUT2D eigenvalue weighted by atomic mass is 16.5. The molecule has 2 aromatic rings. The molecule has 3 aliphatic heterocycles. The maximum absolute atomic E-state index is 13.2. The predicted octanol–water partition coefficient (Wildman–Crippen LogP) is 2.67. The summed E-state index contributed by atoms with van der Waals surface area (Å²) in [4.78, 5) is 30.3. The highest BCUT2D eigenvalue weighted by Gasteiger charge is 2.51. The Labute approximate surface area is 182 Å². The Morgan fingerprint density at radius 3 is 2.55 bits per heavy atom. The van der Waals surface area contributed by atoms with Gasteiger partial charge in [0, 0.05) is 49.3 Å². The van der Waals surface area contributed by atoms with Crippen LogP contribution >= 0.6 is 0 Å². The van der Waals surface area contributed by atoms with E-state index in [0.717, 1.165) is 44.1 Å². The number of benzene rings is 2. The summed E-state index contributed by atoms with van der Waals surface area (Å²) >= 11 is 0. The van der Waals surface area contributed by atoms with E-state index in [0.29, 0.717) is 31.6 Å². The second kappa shape index (κ2) is 8.54. The summed E-state index contributed by atoms with van der Waals surface area (Å²) in [6.45, 7) is 5.01. The first-order valence-electron chi connectivity index (χ1n) is 11.1. The SMILES string of the molecule is O=C(CCN1CCOCC1)C1CC2(CO1)CN(C(=O)c1ccccc1)c1ccccc12. The topological polar surface area (TPSA) is 59.1 Å². The van der Waals surface area contributed by atoms with E-state index in [1.165, 1.54) is 0 Å². The number of rotatable bonds is 5. The number of hydrogen-bond donors (Lipinski definition) is 0. The van der Waals surface area contributed by atoms with E-state index >= 15 is 0 Å². The van der Waals surface area contributed by atoms with Crippen molar-refractivity contribution < 1.29 is 19.1 Å². The van der Waals surface area contributed by atoms with Crippen LogP contribution in [-0.4, -0.2) is 68.7 Å². The van der Waals surface area contributed by atoms with E-state index in [2.05, 4.69) is 11.0 Å². The number of Topliss-reactive ketones (excluding diaryl/α,β-unsaturated/α-hetero) is 1. The molecule has 2 fully saturated rings. The van der Waals surface area contributed by atoms with Crippen LogP contribution in [0.2, 0.25) is 0 Å². The van der Waals surface area contributed by atoms with Crippen LogP contribution in [0.3, 0.4) is 0 Å². The molecule has 2 aromatic carbocycles. The molecule has 3 heterocycles. The number of carbonyl (C=O) groups excluding carboxylic acids is 2. The fraction of sp³-hybridized carbons (Fsp3) is 0.440. The van der Waals surface area contributed by atoms with Crippen LogP contribution in [0.4, 0.5) is 5.69 Å². The number of ether oxygens (including phenoxy) is 2. The van der Waals surface area contributed by atoms with Crippen LogP contribution < -0.4 is 4.90 Å². The van der Waals surface area contributed by atoms with Gasteiger partial charge in [-0.2, -0.15) is 0 Å². The number of para-hydroxylation sites is 1. The molecule has 2 atom stereocenters. The van der Waals surface area contributed by atoms with Gasteiger partial charge in [0.2, 0.25) is 0 Å². The Kier molecular flexibility index (Phi) is 5.61. The molecule has 3 aliphatic rings. The minimum atomic E-state index is -0.402. The third kappa shape index (κ3) is 3.91. The highest BCUT2D eigenvalue weighted by Crippen LogP contribution is 2.47. The van der Waals surface area contributed by atoms with Gasteiger partial charge in [-0.25, -0.2) is 0 Å². The van der Waals surface area contributed by atoms with Gasteiger partial charge in [0.15, 0.2) is 5.78 Å². The molecule has 2 unspecified atom stereocenters. The van der Waals surface area contributed by atoms with Crippen molar-refractivity contribution >= 4 is 17.4 Å². The summed E-state index contributed by atoms with van der Waals surface area (Å²) in [7, 11) is 0. The van der Waals surface area contributed by atoms with Crippen molar-refractivity contribution in [2.75, 3.05) is 50.9 Å². The Morgan fingerprint density at radius 1 is 1.00 bits per heavy atom. The summed E-state index contributed by atoms with van der Waals surface area (Å²) in [5.74, 6) is 0.153. The summed E-state index contributed by atoms with van der Waals surface area (Å²) in [6, 6.07) is 17.4. The monoisotopic (exact) mass is 420 g/mol. The van der Waals surface area contributed by atoms with Gasteiger partial charge < -0.3 is 14.4 Å². The summed E-state index contributed by atoms with van der Waals surface area (Å²) in [6.07, 6.45) is 0.723. The lowest BCUT2D eigenvalue weighted by molar-refractivity contribution is -0.128. The van der Waals surface area contributed by atoms with Gasteiger partial charge >= 0.3 is 0 Å². The minimum absolute atomic E-state index is 0.00739. The third-order valence-electron chi connectivity index (χ3n) is 6.77. The first-order valence-corrected chi connectivity index (χ1v) is 11.1. The van der Waals surface area contributed by atoms with Crippen molar-refractivity contribution in [2.24, 2.45) is 0 Å². The van der Waals surface area contributed by atoms with Crippen LogP contribution in [0.1, 0.15) is 28.8 Å². The van der Waals surface area contributed by atoms with Gasteiger partial charge in [0.05, 0.1) is 19.8 Å². The average molecular weight is 421 g/mol. The van der Waals surface area contributed by atoms with E-state index in [4.69, 9.17) is 9.47 Å². The molecule has 1 spiro atoms. The number of fused-ring (bicyclic) bond motifs is 2. The standard InChI is InChI=1S/C25H28N2O4/c28-22(10-11-26-12-14-30-15-13-26)23-16-25(18-31-23)17-27(21-9-5-4-8-20(21)25)24(29)19-6-2-1-3-7-19/h1-9,23H,10-18H2. The molecular formula is C25H28N2O4. The van der Waals surface area contributed by atoms with Crippen molar-refractivity contribution in [1.82, 2.24) is 4.90 Å². The van der Waals surface area contributed by atoms with E-state index < -0.39 is 6.10 Å². The molecule has 0 radical (unpaired) electrons. The summed E-state index contributed by atoms with van der Waals surface area (Å²) in [5.41, 5.74) is 2.40. The van der Waals surface area contributed by atoms with Crippen molar-refractivity contribution in [1.29, 1.82) is 0 Å². The lowest BCUT2D eigenvalue weighted by atomic mass is 9.79. The molecule has 2 saturated heterocycles. The number of nitrogens with zero attached hydrogens (tertiary/aromatic N) is 2. The predicted molar refractivity (Wildman–Crippen MR) is 117 cm³/mol. The fourth-order valence-electron chi connectivity index (χ4n) is 5.04. The summed E-state index contributed by atoms with van der Waals surface area (Å²) in [5, 5.41) is 0. The van der Waals surface area contributed by atoms with E-state index in [9.17, 15) is 9.59 Å². The molecule has 0 bridgehead atoms. The minimum Gasteiger partial charge on any atom is -0.379 e. The Hall–Kier alpha value is -2.54. The first-order chi connectivity index (χ1) is 15.2. The van der Waals surface area contributed by atoms with Crippen molar-refractivity contribution in [3.8, 4) is 0 Å². The molecule has 6 heteroatoms. The molecule has 1 amide bonds. The first kappa shape index (κ1) is 20.4. The average Bonchev–Trinajstić information content (AvgIpc) is 3.41. The van der Waals surface area contributed by atoms with Crippen LogP contribution in [0.15, 0.2) is 54.6 Å². The van der Waals surface area contributed by atoms with Gasteiger partial charge in [-0.15, -0.1) is 0 Å². The number of amides is 1. The number of anilines is 1. The highest BCUT2D eigenvalue weighted by molar-refractivity contribution is 6.07. The molecular weight excluding hydrogens is 392 g/mol. The van der Waals surface area contributed by atoms with E-state index in [1.54, 1.807) is 0 Å². The molecule has 0 aromatic heterocycles. The largest absolute Gasteiger partial charge is 0.379 e. The lowest BCUT2D eigenvalue weighted by Crippen LogP contribution is -2.39. The second-order valence-corrected chi connectivity index (χ2v) is 8.73. The van der Waals surface area contributed by atoms with Crippen LogP contribution in [-0.2, 0) is 19.7 Å². The van der Waals surface area contributed by atoms with Gasteiger partial charge in [-0.3, -0.25) is 14.5 Å².